The van der Waals surface area contributed by atoms with E-state index in [-0.39, 0.29) is 11.5 Å². The molecule has 1 N–H and O–H groups in total. The van der Waals surface area contributed by atoms with Crippen molar-refractivity contribution in [1.29, 1.82) is 0 Å². The van der Waals surface area contributed by atoms with E-state index in [2.05, 4.69) is 19.2 Å². The Labute approximate surface area is 94.9 Å². The van der Waals surface area contributed by atoms with E-state index in [0.29, 0.717) is 12.0 Å². The smallest absolute Gasteiger partial charge is 0.129 e. The molecule has 0 bridgehead atoms. The molecule has 1 saturated carbocycles. The molecule has 2 atom stereocenters. The topological polar surface area (TPSA) is 12.0 Å². The lowest BCUT2D eigenvalue weighted by atomic mass is 10.1. The van der Waals surface area contributed by atoms with Gasteiger partial charge in [-0.05, 0) is 36.9 Å². The van der Waals surface area contributed by atoms with Gasteiger partial charge in [0.15, 0.2) is 0 Å². The number of rotatable bonds is 4. The fraction of sp³-hybridized carbons (Fsp3) is 0.538. The van der Waals surface area contributed by atoms with Gasteiger partial charge in [-0.25, -0.2) is 8.78 Å². The van der Waals surface area contributed by atoms with Crippen LogP contribution in [0.3, 0.4) is 0 Å². The van der Waals surface area contributed by atoms with Gasteiger partial charge >= 0.3 is 0 Å². The maximum atomic E-state index is 13.5. The van der Waals surface area contributed by atoms with E-state index >= 15 is 0 Å². The van der Waals surface area contributed by atoms with E-state index in [9.17, 15) is 8.78 Å². The Morgan fingerprint density at radius 2 is 1.94 bits per heavy atom. The summed E-state index contributed by atoms with van der Waals surface area (Å²) >= 11 is 0. The zero-order chi connectivity index (χ0) is 11.7. The Morgan fingerprint density at radius 3 is 2.50 bits per heavy atom. The predicted molar refractivity (Wildman–Crippen MR) is 60.3 cm³/mol. The number of hydrogen-bond acceptors (Lipinski definition) is 1. The minimum atomic E-state index is -0.406. The van der Waals surface area contributed by atoms with Crippen LogP contribution in [-0.4, -0.2) is 12.6 Å². The molecule has 0 spiro atoms. The average Bonchev–Trinajstić information content (AvgIpc) is 2.94. The Hall–Kier alpha value is -0.960. The molecule has 16 heavy (non-hydrogen) atoms. The Balaban J connectivity index is 2.00. The van der Waals surface area contributed by atoms with Crippen LogP contribution >= 0.6 is 0 Å². The number of hydrogen-bond donors (Lipinski definition) is 1. The van der Waals surface area contributed by atoms with Gasteiger partial charge in [-0.1, -0.05) is 19.9 Å². The minimum absolute atomic E-state index is 0.0625. The largest absolute Gasteiger partial charge is 0.314 e. The summed E-state index contributed by atoms with van der Waals surface area (Å²) in [6.07, 6.45) is 0.886. The van der Waals surface area contributed by atoms with Gasteiger partial charge in [0.1, 0.15) is 11.6 Å². The van der Waals surface area contributed by atoms with Gasteiger partial charge < -0.3 is 5.32 Å². The van der Waals surface area contributed by atoms with E-state index in [4.69, 9.17) is 0 Å². The lowest BCUT2D eigenvalue weighted by molar-refractivity contribution is 0.531. The fourth-order valence-electron chi connectivity index (χ4n) is 2.08. The molecule has 0 radical (unpaired) electrons. The van der Waals surface area contributed by atoms with Crippen LogP contribution < -0.4 is 5.32 Å². The average molecular weight is 225 g/mol. The zero-order valence-electron chi connectivity index (χ0n) is 9.63. The second kappa shape index (κ2) is 4.50. The summed E-state index contributed by atoms with van der Waals surface area (Å²) in [6.45, 7) is 4.98. The van der Waals surface area contributed by atoms with E-state index in [1.165, 1.54) is 18.2 Å². The van der Waals surface area contributed by atoms with Crippen LogP contribution in [-0.2, 0) is 0 Å². The summed E-state index contributed by atoms with van der Waals surface area (Å²) in [5, 5.41) is 3.30. The highest BCUT2D eigenvalue weighted by molar-refractivity contribution is 5.29. The maximum absolute atomic E-state index is 13.5. The SMILES string of the molecule is CC(C)NCC1CC1c1c(F)cccc1F. The monoisotopic (exact) mass is 225 g/mol. The van der Waals surface area contributed by atoms with Crippen LogP contribution in [0, 0.1) is 17.6 Å². The van der Waals surface area contributed by atoms with Gasteiger partial charge in [0, 0.05) is 11.6 Å². The number of nitrogens with one attached hydrogen (secondary N) is 1. The van der Waals surface area contributed by atoms with E-state index < -0.39 is 11.6 Å². The summed E-state index contributed by atoms with van der Waals surface area (Å²) in [4.78, 5) is 0. The minimum Gasteiger partial charge on any atom is -0.314 e. The number of halogens is 2. The maximum Gasteiger partial charge on any atom is 0.129 e. The third kappa shape index (κ3) is 2.40. The highest BCUT2D eigenvalue weighted by Crippen LogP contribution is 2.48. The second-order valence-corrected chi connectivity index (χ2v) is 4.80. The first-order chi connectivity index (χ1) is 7.59. The summed E-state index contributed by atoms with van der Waals surface area (Å²) in [6, 6.07) is 4.51. The molecule has 2 rings (SSSR count). The molecular formula is C13H17F2N. The molecule has 1 fully saturated rings. The molecule has 0 heterocycles. The Bertz CT molecular complexity index is 356. The lowest BCUT2D eigenvalue weighted by Crippen LogP contribution is -2.25. The molecule has 2 unspecified atom stereocenters. The van der Waals surface area contributed by atoms with Crippen molar-refractivity contribution >= 4 is 0 Å². The first-order valence-electron chi connectivity index (χ1n) is 5.77. The van der Waals surface area contributed by atoms with Gasteiger partial charge in [0.2, 0.25) is 0 Å². The van der Waals surface area contributed by atoms with Crippen molar-refractivity contribution < 1.29 is 8.78 Å². The van der Waals surface area contributed by atoms with Gasteiger partial charge in [0.05, 0.1) is 0 Å². The molecule has 0 saturated heterocycles. The molecule has 1 aromatic carbocycles. The van der Waals surface area contributed by atoms with Crippen molar-refractivity contribution in [3.63, 3.8) is 0 Å². The van der Waals surface area contributed by atoms with Crippen LogP contribution in [0.15, 0.2) is 18.2 Å². The normalized spacial score (nSPS) is 23.8. The first-order valence-corrected chi connectivity index (χ1v) is 5.77. The molecule has 0 aromatic heterocycles. The summed E-state index contributed by atoms with van der Waals surface area (Å²) in [7, 11) is 0. The molecule has 0 amide bonds. The van der Waals surface area contributed by atoms with Crippen molar-refractivity contribution in [2.24, 2.45) is 5.92 Å². The third-order valence-electron chi connectivity index (χ3n) is 3.08. The molecule has 3 heteroatoms. The highest BCUT2D eigenvalue weighted by atomic mass is 19.1. The zero-order valence-corrected chi connectivity index (χ0v) is 9.63. The summed E-state index contributed by atoms with van der Waals surface area (Å²) < 4.78 is 26.9. The third-order valence-corrected chi connectivity index (χ3v) is 3.08. The molecular weight excluding hydrogens is 208 g/mol. The summed E-state index contributed by atoms with van der Waals surface area (Å²) in [5.74, 6) is -0.365. The quantitative estimate of drug-likeness (QED) is 0.830. The lowest BCUT2D eigenvalue weighted by Gasteiger charge is -2.08. The van der Waals surface area contributed by atoms with Gasteiger partial charge in [-0.15, -0.1) is 0 Å². The fourth-order valence-corrected chi connectivity index (χ4v) is 2.08. The van der Waals surface area contributed by atoms with Crippen molar-refractivity contribution in [1.82, 2.24) is 5.32 Å². The second-order valence-electron chi connectivity index (χ2n) is 4.80. The number of benzene rings is 1. The predicted octanol–water partition coefficient (Wildman–Crippen LogP) is 3.07. The van der Waals surface area contributed by atoms with Crippen LogP contribution in [0.2, 0.25) is 0 Å². The van der Waals surface area contributed by atoms with E-state index in [1.807, 2.05) is 0 Å². The molecule has 0 aliphatic heterocycles. The van der Waals surface area contributed by atoms with Crippen molar-refractivity contribution in [3.8, 4) is 0 Å². The summed E-state index contributed by atoms with van der Waals surface area (Å²) in [5.41, 5.74) is 0.276. The van der Waals surface area contributed by atoms with Gasteiger partial charge in [-0.3, -0.25) is 0 Å². The molecule has 1 aromatic rings. The van der Waals surface area contributed by atoms with Crippen LogP contribution in [0.4, 0.5) is 8.78 Å². The van der Waals surface area contributed by atoms with Gasteiger partial charge in [-0.2, -0.15) is 0 Å². The standard InChI is InChI=1S/C13H17F2N/c1-8(2)16-7-9-6-10(9)13-11(14)4-3-5-12(13)15/h3-5,8-10,16H,6-7H2,1-2H3. The van der Waals surface area contributed by atoms with E-state index in [1.54, 1.807) is 0 Å². The molecule has 1 aliphatic carbocycles. The van der Waals surface area contributed by atoms with Crippen LogP contribution in [0.5, 0.6) is 0 Å². The molecule has 88 valence electrons. The van der Waals surface area contributed by atoms with Crippen LogP contribution in [0.1, 0.15) is 31.7 Å². The van der Waals surface area contributed by atoms with Crippen LogP contribution in [0.25, 0.3) is 0 Å². The van der Waals surface area contributed by atoms with Crippen molar-refractivity contribution in [2.45, 2.75) is 32.2 Å². The van der Waals surface area contributed by atoms with Gasteiger partial charge in [0.25, 0.3) is 0 Å². The Kier molecular flexibility index (Phi) is 3.24. The molecule has 1 nitrogen and oxygen atoms in total. The molecule has 1 aliphatic rings. The van der Waals surface area contributed by atoms with Crippen molar-refractivity contribution in [2.75, 3.05) is 6.54 Å². The Morgan fingerprint density at radius 1 is 1.31 bits per heavy atom. The van der Waals surface area contributed by atoms with E-state index in [0.717, 1.165) is 13.0 Å². The van der Waals surface area contributed by atoms with Crippen molar-refractivity contribution in [3.05, 3.63) is 35.4 Å². The highest BCUT2D eigenvalue weighted by Gasteiger charge is 2.41. The first kappa shape index (κ1) is 11.5.